The van der Waals surface area contributed by atoms with Crippen molar-refractivity contribution >= 4 is 28.2 Å². The van der Waals surface area contributed by atoms with Crippen molar-refractivity contribution in [3.8, 4) is 17.5 Å². The van der Waals surface area contributed by atoms with Crippen LogP contribution in [-0.2, 0) is 11.3 Å². The zero-order chi connectivity index (χ0) is 30.1. The largest absolute Gasteiger partial charge is 0.368 e. The van der Waals surface area contributed by atoms with Gasteiger partial charge < -0.3 is 11.1 Å². The number of aromatic nitrogens is 6. The second-order valence-electron chi connectivity index (χ2n) is 10.0. The minimum Gasteiger partial charge on any atom is -0.368 e. The molecule has 2 amide bonds. The Morgan fingerprint density at radius 1 is 1.07 bits per heavy atom. The van der Waals surface area contributed by atoms with Gasteiger partial charge in [0.05, 0.1) is 28.9 Å². The molecule has 1 atom stereocenters. The Kier molecular flexibility index (Phi) is 7.01. The second-order valence-corrected chi connectivity index (χ2v) is 10.0. The summed E-state index contributed by atoms with van der Waals surface area (Å²) in [5, 5.41) is 12.7. The first kappa shape index (κ1) is 27.2. The van der Waals surface area contributed by atoms with Crippen LogP contribution in [0.15, 0.2) is 90.2 Å². The van der Waals surface area contributed by atoms with Gasteiger partial charge in [-0.05, 0) is 49.6 Å². The van der Waals surface area contributed by atoms with E-state index in [1.54, 1.807) is 46.7 Å². The molecule has 0 aliphatic heterocycles. The Hall–Kier alpha value is -6.02. The number of amides is 2. The fraction of sp³-hybridized carbons (Fsp3) is 0.125. The lowest BCUT2D eigenvalue weighted by Crippen LogP contribution is -2.32. The third kappa shape index (κ3) is 5.25. The van der Waals surface area contributed by atoms with Crippen molar-refractivity contribution < 1.29 is 9.59 Å². The van der Waals surface area contributed by atoms with Crippen LogP contribution in [0.4, 0.5) is 0 Å². The number of hydrogen-bond donors (Lipinski definition) is 2. The van der Waals surface area contributed by atoms with Gasteiger partial charge in [0.2, 0.25) is 5.91 Å². The number of fused-ring (bicyclic) bond motifs is 2. The molecule has 3 N–H and O–H groups in total. The summed E-state index contributed by atoms with van der Waals surface area (Å²) >= 11 is 0. The quantitative estimate of drug-likeness (QED) is 0.295. The molecular formula is C32H26N8O3. The summed E-state index contributed by atoms with van der Waals surface area (Å²) in [5.41, 5.74) is 8.70. The Bertz CT molecular complexity index is 2150. The molecule has 0 aliphatic carbocycles. The van der Waals surface area contributed by atoms with Crippen LogP contribution in [0.2, 0.25) is 0 Å². The molecule has 212 valence electrons. The summed E-state index contributed by atoms with van der Waals surface area (Å²) in [4.78, 5) is 43.3. The van der Waals surface area contributed by atoms with Crippen molar-refractivity contribution in [3.05, 3.63) is 124 Å². The van der Waals surface area contributed by atoms with E-state index in [4.69, 9.17) is 5.73 Å². The van der Waals surface area contributed by atoms with Gasteiger partial charge in [0.15, 0.2) is 5.65 Å². The molecule has 6 aromatic rings. The van der Waals surface area contributed by atoms with Gasteiger partial charge in [0.1, 0.15) is 12.1 Å². The first-order valence-electron chi connectivity index (χ1n) is 13.5. The standard InChI is InChI=1S/C32H26N8O3/c1-20(36-31(42)28-21(2)37-39-15-7-14-34-30(28)39)26-16-24-9-6-8-23(13-12-22-17-35-38(18-22)19-27(33)41)29(24)32(43)40(26)25-10-4-3-5-11-25/h3-11,14-18,20H,19H2,1-2H3,(H2,33,41)(H,36,42)/t20-/m1/s1. The van der Waals surface area contributed by atoms with E-state index < -0.39 is 11.9 Å². The average molecular weight is 571 g/mol. The highest BCUT2D eigenvalue weighted by atomic mass is 16.2. The van der Waals surface area contributed by atoms with Crippen molar-refractivity contribution in [2.45, 2.75) is 26.4 Å². The Balaban J connectivity index is 1.44. The minimum atomic E-state index is -0.561. The highest BCUT2D eigenvalue weighted by Gasteiger charge is 2.23. The smallest absolute Gasteiger partial charge is 0.264 e. The van der Waals surface area contributed by atoms with Crippen LogP contribution in [0, 0.1) is 18.8 Å². The van der Waals surface area contributed by atoms with Gasteiger partial charge in [-0.25, -0.2) is 9.50 Å². The molecule has 4 heterocycles. The van der Waals surface area contributed by atoms with Crippen molar-refractivity contribution in [2.24, 2.45) is 5.73 Å². The topological polar surface area (TPSA) is 142 Å². The minimum absolute atomic E-state index is 0.0529. The van der Waals surface area contributed by atoms with E-state index in [1.807, 2.05) is 55.5 Å². The maximum Gasteiger partial charge on any atom is 0.264 e. The maximum absolute atomic E-state index is 14.2. The lowest BCUT2D eigenvalue weighted by Gasteiger charge is -2.21. The van der Waals surface area contributed by atoms with E-state index in [0.717, 1.165) is 0 Å². The highest BCUT2D eigenvalue weighted by molar-refractivity contribution is 6.01. The summed E-state index contributed by atoms with van der Waals surface area (Å²) < 4.78 is 4.57. The number of nitrogens with one attached hydrogen (secondary N) is 1. The monoisotopic (exact) mass is 570 g/mol. The molecule has 0 fully saturated rings. The number of primary amides is 1. The first-order chi connectivity index (χ1) is 20.8. The van der Waals surface area contributed by atoms with Gasteiger partial charge in [-0.15, -0.1) is 0 Å². The number of nitrogens with zero attached hydrogens (tertiary/aromatic N) is 6. The summed E-state index contributed by atoms with van der Waals surface area (Å²) in [6.45, 7) is 3.54. The zero-order valence-electron chi connectivity index (χ0n) is 23.4. The van der Waals surface area contributed by atoms with Crippen molar-refractivity contribution in [2.75, 3.05) is 0 Å². The predicted octanol–water partition coefficient (Wildman–Crippen LogP) is 2.91. The van der Waals surface area contributed by atoms with Gasteiger partial charge in [-0.3, -0.25) is 23.6 Å². The van der Waals surface area contributed by atoms with Gasteiger partial charge in [-0.1, -0.05) is 42.2 Å². The fourth-order valence-electron chi connectivity index (χ4n) is 5.07. The number of pyridine rings is 1. The molecular weight excluding hydrogens is 544 g/mol. The van der Waals surface area contributed by atoms with Crippen LogP contribution in [0.5, 0.6) is 0 Å². The third-order valence-corrected chi connectivity index (χ3v) is 6.97. The number of rotatable bonds is 6. The average Bonchev–Trinajstić information content (AvgIpc) is 3.58. The number of aryl methyl sites for hydroxylation is 1. The molecule has 11 nitrogen and oxygen atoms in total. The van der Waals surface area contributed by atoms with E-state index >= 15 is 0 Å². The summed E-state index contributed by atoms with van der Waals surface area (Å²) in [6, 6.07) is 17.8. The molecule has 6 rings (SSSR count). The number of carbonyl (C=O) groups excluding carboxylic acids is 2. The summed E-state index contributed by atoms with van der Waals surface area (Å²) in [5.74, 6) is 5.27. The number of carbonyl (C=O) groups is 2. The Labute approximate surface area is 245 Å². The van der Waals surface area contributed by atoms with Crippen molar-refractivity contribution in [1.82, 2.24) is 34.3 Å². The molecule has 4 aromatic heterocycles. The normalized spacial score (nSPS) is 11.7. The lowest BCUT2D eigenvalue weighted by molar-refractivity contribution is -0.118. The van der Waals surface area contributed by atoms with Crippen LogP contribution in [0.1, 0.15) is 45.8 Å². The Morgan fingerprint density at radius 2 is 1.88 bits per heavy atom. The van der Waals surface area contributed by atoms with Crippen LogP contribution in [0.25, 0.3) is 22.1 Å². The number of nitrogens with two attached hydrogens (primary N) is 1. The Morgan fingerprint density at radius 3 is 2.67 bits per heavy atom. The number of para-hydroxylation sites is 1. The van der Waals surface area contributed by atoms with E-state index in [9.17, 15) is 14.4 Å². The third-order valence-electron chi connectivity index (χ3n) is 6.97. The summed E-state index contributed by atoms with van der Waals surface area (Å²) in [6.07, 6.45) is 6.50. The molecule has 0 unspecified atom stereocenters. The molecule has 0 bridgehead atoms. The zero-order valence-corrected chi connectivity index (χ0v) is 23.4. The maximum atomic E-state index is 14.2. The highest BCUT2D eigenvalue weighted by Crippen LogP contribution is 2.24. The molecule has 43 heavy (non-hydrogen) atoms. The molecule has 2 aromatic carbocycles. The van der Waals surface area contributed by atoms with Gasteiger partial charge in [-0.2, -0.15) is 10.2 Å². The van der Waals surface area contributed by atoms with Crippen LogP contribution in [0.3, 0.4) is 0 Å². The molecule has 0 saturated carbocycles. The van der Waals surface area contributed by atoms with Crippen molar-refractivity contribution in [3.63, 3.8) is 0 Å². The molecule has 0 saturated heterocycles. The van der Waals surface area contributed by atoms with Gasteiger partial charge >= 0.3 is 0 Å². The van der Waals surface area contributed by atoms with E-state index in [2.05, 4.69) is 32.3 Å². The van der Waals surface area contributed by atoms with Gasteiger partial charge in [0.25, 0.3) is 11.5 Å². The van der Waals surface area contributed by atoms with Crippen molar-refractivity contribution in [1.29, 1.82) is 0 Å². The second kappa shape index (κ2) is 11.1. The van der Waals surface area contributed by atoms with Crippen LogP contribution >= 0.6 is 0 Å². The molecule has 11 heteroatoms. The predicted molar refractivity (Wildman–Crippen MR) is 161 cm³/mol. The molecule has 0 aliphatic rings. The van der Waals surface area contributed by atoms with Crippen LogP contribution in [-0.4, -0.2) is 40.8 Å². The lowest BCUT2D eigenvalue weighted by atomic mass is 10.0. The fourth-order valence-corrected chi connectivity index (χ4v) is 5.07. The number of hydrogen-bond acceptors (Lipinski definition) is 6. The molecule has 0 spiro atoms. The first-order valence-corrected chi connectivity index (χ1v) is 13.5. The van der Waals surface area contributed by atoms with E-state index in [-0.39, 0.29) is 18.0 Å². The number of benzene rings is 2. The molecule has 0 radical (unpaired) electrons. The van der Waals surface area contributed by atoms with Crippen LogP contribution < -0.4 is 16.6 Å². The summed E-state index contributed by atoms with van der Waals surface area (Å²) in [7, 11) is 0. The van der Waals surface area contributed by atoms with E-state index in [0.29, 0.717) is 50.2 Å². The van der Waals surface area contributed by atoms with Gasteiger partial charge in [0, 0.05) is 35.5 Å². The SMILES string of the molecule is Cc1nn2cccnc2c1C(=O)N[C@H](C)c1cc2cccc(C#Cc3cnn(CC(N)=O)c3)c2c(=O)n1-c1ccccc1. The van der Waals surface area contributed by atoms with E-state index in [1.165, 1.54) is 10.9 Å².